The summed E-state index contributed by atoms with van der Waals surface area (Å²) in [5.41, 5.74) is 3.34. The topological polar surface area (TPSA) is 37.8 Å². The SMILES string of the molecule is CNC(CSc1nc(C)cc(C)n1)c1ccccc1. The molecule has 3 nitrogen and oxygen atoms in total. The predicted octanol–water partition coefficient (Wildman–Crippen LogP) is 3.15. The second-order valence-corrected chi connectivity index (χ2v) is 5.48. The van der Waals surface area contributed by atoms with Crippen molar-refractivity contribution in [2.75, 3.05) is 12.8 Å². The minimum atomic E-state index is 0.315. The zero-order chi connectivity index (χ0) is 13.7. The van der Waals surface area contributed by atoms with E-state index < -0.39 is 0 Å². The molecule has 0 saturated heterocycles. The Kier molecular flexibility index (Phi) is 4.93. The quantitative estimate of drug-likeness (QED) is 0.671. The first-order chi connectivity index (χ1) is 9.19. The van der Waals surface area contributed by atoms with Gasteiger partial charge in [0, 0.05) is 23.2 Å². The zero-order valence-electron chi connectivity index (χ0n) is 11.6. The van der Waals surface area contributed by atoms with Crippen LogP contribution in [0.3, 0.4) is 0 Å². The number of hydrogen-bond donors (Lipinski definition) is 1. The Balaban J connectivity index is 2.04. The lowest BCUT2D eigenvalue weighted by atomic mass is 10.1. The molecule has 0 aliphatic carbocycles. The van der Waals surface area contributed by atoms with Crippen molar-refractivity contribution >= 4 is 11.8 Å². The number of aryl methyl sites for hydroxylation is 2. The Labute approximate surface area is 118 Å². The van der Waals surface area contributed by atoms with Crippen LogP contribution in [-0.2, 0) is 0 Å². The van der Waals surface area contributed by atoms with Crippen LogP contribution >= 0.6 is 11.8 Å². The second-order valence-electron chi connectivity index (χ2n) is 4.50. The first kappa shape index (κ1) is 14.0. The minimum absolute atomic E-state index is 0.315. The van der Waals surface area contributed by atoms with Gasteiger partial charge in [0.25, 0.3) is 0 Å². The van der Waals surface area contributed by atoms with Gasteiger partial charge in [0.2, 0.25) is 0 Å². The highest BCUT2D eigenvalue weighted by molar-refractivity contribution is 7.99. The summed E-state index contributed by atoms with van der Waals surface area (Å²) in [6.45, 7) is 4.01. The Morgan fingerprint density at radius 2 is 1.74 bits per heavy atom. The molecule has 0 fully saturated rings. The second kappa shape index (κ2) is 6.68. The van der Waals surface area contributed by atoms with Crippen molar-refractivity contribution < 1.29 is 0 Å². The number of nitrogens with one attached hydrogen (secondary N) is 1. The zero-order valence-corrected chi connectivity index (χ0v) is 12.4. The van der Waals surface area contributed by atoms with Crippen LogP contribution < -0.4 is 5.32 Å². The molecule has 1 atom stereocenters. The molecule has 1 aromatic carbocycles. The Hall–Kier alpha value is -1.39. The fraction of sp³-hybridized carbons (Fsp3) is 0.333. The molecule has 0 bridgehead atoms. The summed E-state index contributed by atoms with van der Waals surface area (Å²) < 4.78 is 0. The number of hydrogen-bond acceptors (Lipinski definition) is 4. The van der Waals surface area contributed by atoms with Gasteiger partial charge in [-0.15, -0.1) is 0 Å². The van der Waals surface area contributed by atoms with Crippen LogP contribution in [0.2, 0.25) is 0 Å². The lowest BCUT2D eigenvalue weighted by Crippen LogP contribution is -2.18. The monoisotopic (exact) mass is 273 g/mol. The average molecular weight is 273 g/mol. The molecule has 1 unspecified atom stereocenters. The van der Waals surface area contributed by atoms with Crippen LogP contribution in [-0.4, -0.2) is 22.8 Å². The molecule has 0 saturated carbocycles. The Morgan fingerprint density at radius 1 is 1.11 bits per heavy atom. The van der Waals surface area contributed by atoms with E-state index in [4.69, 9.17) is 0 Å². The Morgan fingerprint density at radius 3 is 2.32 bits per heavy atom. The molecule has 2 aromatic rings. The van der Waals surface area contributed by atoms with Crippen molar-refractivity contribution in [2.45, 2.75) is 25.0 Å². The summed E-state index contributed by atoms with van der Waals surface area (Å²) in [7, 11) is 1.99. The summed E-state index contributed by atoms with van der Waals surface area (Å²) in [4.78, 5) is 8.92. The van der Waals surface area contributed by atoms with E-state index in [1.165, 1.54) is 5.56 Å². The van der Waals surface area contributed by atoms with Crippen molar-refractivity contribution in [1.82, 2.24) is 15.3 Å². The van der Waals surface area contributed by atoms with Crippen LogP contribution in [0.4, 0.5) is 0 Å². The first-order valence-corrected chi connectivity index (χ1v) is 7.35. The average Bonchev–Trinajstić information content (AvgIpc) is 2.39. The fourth-order valence-corrected chi connectivity index (χ4v) is 3.04. The van der Waals surface area contributed by atoms with Gasteiger partial charge in [-0.05, 0) is 32.5 Å². The molecule has 0 aliphatic rings. The highest BCUT2D eigenvalue weighted by atomic mass is 32.2. The van der Waals surface area contributed by atoms with E-state index in [-0.39, 0.29) is 0 Å². The van der Waals surface area contributed by atoms with Crippen molar-refractivity contribution in [3.05, 3.63) is 53.3 Å². The number of nitrogens with zero attached hydrogens (tertiary/aromatic N) is 2. The van der Waals surface area contributed by atoms with Crippen molar-refractivity contribution in [3.63, 3.8) is 0 Å². The molecule has 4 heteroatoms. The maximum Gasteiger partial charge on any atom is 0.188 e. The van der Waals surface area contributed by atoms with Gasteiger partial charge < -0.3 is 5.32 Å². The largest absolute Gasteiger partial charge is 0.312 e. The maximum absolute atomic E-state index is 4.46. The van der Waals surface area contributed by atoms with Gasteiger partial charge in [-0.3, -0.25) is 0 Å². The van der Waals surface area contributed by atoms with Crippen LogP contribution in [0.1, 0.15) is 23.0 Å². The molecule has 0 amide bonds. The van der Waals surface area contributed by atoms with Crippen LogP contribution in [0.15, 0.2) is 41.6 Å². The normalized spacial score (nSPS) is 12.4. The van der Waals surface area contributed by atoms with Gasteiger partial charge >= 0.3 is 0 Å². The van der Waals surface area contributed by atoms with E-state index in [0.29, 0.717) is 6.04 Å². The molecule has 1 aromatic heterocycles. The van der Waals surface area contributed by atoms with Gasteiger partial charge in [-0.2, -0.15) is 0 Å². The molecule has 2 rings (SSSR count). The summed E-state index contributed by atoms with van der Waals surface area (Å²) in [6, 6.07) is 12.8. The van der Waals surface area contributed by atoms with Gasteiger partial charge in [-0.1, -0.05) is 42.1 Å². The molecule has 19 heavy (non-hydrogen) atoms. The Bertz CT molecular complexity index is 508. The van der Waals surface area contributed by atoms with E-state index >= 15 is 0 Å². The molecule has 0 aliphatic heterocycles. The summed E-state index contributed by atoms with van der Waals surface area (Å²) in [5.74, 6) is 0.920. The van der Waals surface area contributed by atoms with Crippen molar-refractivity contribution in [3.8, 4) is 0 Å². The lowest BCUT2D eigenvalue weighted by Gasteiger charge is -2.15. The number of thioether (sulfide) groups is 1. The minimum Gasteiger partial charge on any atom is -0.312 e. The van der Waals surface area contributed by atoms with Crippen molar-refractivity contribution in [1.29, 1.82) is 0 Å². The molecular weight excluding hydrogens is 254 g/mol. The molecular formula is C15H19N3S. The number of rotatable bonds is 5. The molecule has 0 radical (unpaired) electrons. The van der Waals surface area contributed by atoms with Gasteiger partial charge in [0.05, 0.1) is 0 Å². The van der Waals surface area contributed by atoms with E-state index in [1.54, 1.807) is 11.8 Å². The van der Waals surface area contributed by atoms with E-state index in [1.807, 2.05) is 33.0 Å². The summed E-state index contributed by atoms with van der Waals surface area (Å²) >= 11 is 1.69. The van der Waals surface area contributed by atoms with E-state index in [0.717, 1.165) is 22.3 Å². The molecule has 1 heterocycles. The number of aromatic nitrogens is 2. The third-order valence-electron chi connectivity index (χ3n) is 2.89. The fourth-order valence-electron chi connectivity index (χ4n) is 1.95. The first-order valence-electron chi connectivity index (χ1n) is 6.36. The van der Waals surface area contributed by atoms with Crippen molar-refractivity contribution in [2.24, 2.45) is 0 Å². The van der Waals surface area contributed by atoms with Crippen LogP contribution in [0, 0.1) is 13.8 Å². The predicted molar refractivity (Wildman–Crippen MR) is 80.5 cm³/mol. The van der Waals surface area contributed by atoms with Gasteiger partial charge in [0.15, 0.2) is 5.16 Å². The van der Waals surface area contributed by atoms with Crippen LogP contribution in [0.25, 0.3) is 0 Å². The highest BCUT2D eigenvalue weighted by Gasteiger charge is 2.10. The molecule has 0 spiro atoms. The van der Waals surface area contributed by atoms with E-state index in [9.17, 15) is 0 Å². The third-order valence-corrected chi connectivity index (χ3v) is 3.83. The van der Waals surface area contributed by atoms with E-state index in [2.05, 4.69) is 39.6 Å². The molecule has 100 valence electrons. The van der Waals surface area contributed by atoms with Gasteiger partial charge in [0.1, 0.15) is 0 Å². The highest BCUT2D eigenvalue weighted by Crippen LogP contribution is 2.22. The third kappa shape index (κ3) is 4.04. The van der Waals surface area contributed by atoms with Crippen LogP contribution in [0.5, 0.6) is 0 Å². The standard InChI is InChI=1S/C15H19N3S/c1-11-9-12(2)18-15(17-11)19-10-14(16-3)13-7-5-4-6-8-13/h4-9,14,16H,10H2,1-3H3. The van der Waals surface area contributed by atoms with Gasteiger partial charge in [-0.25, -0.2) is 9.97 Å². The lowest BCUT2D eigenvalue weighted by molar-refractivity contribution is 0.660. The maximum atomic E-state index is 4.46. The molecule has 1 N–H and O–H groups in total. The summed E-state index contributed by atoms with van der Waals surface area (Å²) in [6.07, 6.45) is 0. The summed E-state index contributed by atoms with van der Waals surface area (Å²) in [5, 5.41) is 4.20. The number of benzene rings is 1. The smallest absolute Gasteiger partial charge is 0.188 e.